The van der Waals surface area contributed by atoms with Gasteiger partial charge in [-0.25, -0.2) is 8.42 Å². The van der Waals surface area contributed by atoms with Crippen LogP contribution in [0.5, 0.6) is 0 Å². The second-order valence-electron chi connectivity index (χ2n) is 5.66. The van der Waals surface area contributed by atoms with Crippen LogP contribution in [0.2, 0.25) is 5.02 Å². The van der Waals surface area contributed by atoms with E-state index < -0.39 is 10.0 Å². The zero-order valence-corrected chi connectivity index (χ0v) is 14.4. The molecule has 0 saturated carbocycles. The molecule has 4 nitrogen and oxygen atoms in total. The second-order valence-corrected chi connectivity index (χ2v) is 7.96. The first-order valence-electron chi connectivity index (χ1n) is 7.23. The monoisotopic (exact) mass is 349 g/mol. The lowest BCUT2D eigenvalue weighted by Crippen LogP contribution is -2.37. The van der Waals surface area contributed by atoms with Gasteiger partial charge in [0.2, 0.25) is 0 Å². The Bertz CT molecular complexity index is 906. The van der Waals surface area contributed by atoms with Crippen molar-refractivity contribution in [3.05, 3.63) is 58.1 Å². The molecule has 0 bridgehead atoms. The van der Waals surface area contributed by atoms with Crippen molar-refractivity contribution in [1.29, 1.82) is 0 Å². The van der Waals surface area contributed by atoms with Crippen LogP contribution in [0.25, 0.3) is 0 Å². The van der Waals surface area contributed by atoms with Gasteiger partial charge in [-0.3, -0.25) is 9.10 Å². The summed E-state index contributed by atoms with van der Waals surface area (Å²) in [5.74, 6) is -0.0889. The molecule has 0 aliphatic carbocycles. The molecule has 23 heavy (non-hydrogen) atoms. The highest BCUT2D eigenvalue weighted by Gasteiger charge is 2.32. The summed E-state index contributed by atoms with van der Waals surface area (Å²) >= 11 is 5.94. The predicted molar refractivity (Wildman–Crippen MR) is 90.8 cm³/mol. The number of carbonyl (C=O) groups is 1. The maximum atomic E-state index is 13.0. The predicted octanol–water partition coefficient (Wildman–Crippen LogP) is 3.74. The molecule has 2 aromatic rings. The van der Waals surface area contributed by atoms with E-state index in [0.29, 0.717) is 16.3 Å². The van der Waals surface area contributed by atoms with Gasteiger partial charge in [-0.2, -0.15) is 0 Å². The van der Waals surface area contributed by atoms with Gasteiger partial charge in [0.25, 0.3) is 10.0 Å². The minimum atomic E-state index is -3.71. The number of fused-ring (bicyclic) bond motifs is 1. The van der Waals surface area contributed by atoms with Crippen LogP contribution < -0.4 is 4.31 Å². The molecule has 0 unspecified atom stereocenters. The third-order valence-corrected chi connectivity index (χ3v) is 6.18. The van der Waals surface area contributed by atoms with Crippen molar-refractivity contribution in [3.8, 4) is 0 Å². The lowest BCUT2D eigenvalue weighted by molar-refractivity contribution is 0.0982. The van der Waals surface area contributed by atoms with Crippen LogP contribution in [0.3, 0.4) is 0 Å². The molecule has 120 valence electrons. The van der Waals surface area contributed by atoms with E-state index >= 15 is 0 Å². The maximum Gasteiger partial charge on any atom is 0.264 e. The van der Waals surface area contributed by atoms with Gasteiger partial charge in [-0.05, 0) is 55.3 Å². The first-order valence-corrected chi connectivity index (χ1v) is 9.05. The van der Waals surface area contributed by atoms with Crippen LogP contribution in [-0.2, 0) is 10.0 Å². The van der Waals surface area contributed by atoms with Crippen molar-refractivity contribution >= 4 is 33.1 Å². The highest BCUT2D eigenvalue weighted by Crippen LogP contribution is 2.34. The fourth-order valence-corrected chi connectivity index (χ4v) is 4.40. The van der Waals surface area contributed by atoms with Crippen molar-refractivity contribution in [3.63, 3.8) is 0 Å². The smallest absolute Gasteiger partial charge is 0.264 e. The summed E-state index contributed by atoms with van der Waals surface area (Å²) in [5.41, 5.74) is 2.69. The van der Waals surface area contributed by atoms with E-state index in [0.717, 1.165) is 11.1 Å². The number of benzene rings is 2. The van der Waals surface area contributed by atoms with E-state index in [1.54, 1.807) is 30.3 Å². The van der Waals surface area contributed by atoms with Gasteiger partial charge in [0.05, 0.1) is 10.6 Å². The van der Waals surface area contributed by atoms with Crippen LogP contribution in [0.1, 0.15) is 27.9 Å². The van der Waals surface area contributed by atoms with Crippen LogP contribution in [0.15, 0.2) is 41.3 Å². The molecule has 2 aromatic carbocycles. The molecule has 6 heteroatoms. The number of anilines is 1. The number of hydrogen-bond donors (Lipinski definition) is 0. The Balaban J connectivity index is 2.13. The molecule has 0 amide bonds. The van der Waals surface area contributed by atoms with Crippen molar-refractivity contribution in [2.45, 2.75) is 25.2 Å². The van der Waals surface area contributed by atoms with Crippen LogP contribution in [-0.4, -0.2) is 20.7 Å². The molecule has 0 aromatic heterocycles. The third kappa shape index (κ3) is 2.75. The second kappa shape index (κ2) is 5.65. The molecule has 1 aliphatic rings. The zero-order valence-electron chi connectivity index (χ0n) is 12.8. The topological polar surface area (TPSA) is 54.5 Å². The Labute approximate surface area is 140 Å². The summed E-state index contributed by atoms with van der Waals surface area (Å²) in [4.78, 5) is 12.3. The number of halogens is 1. The van der Waals surface area contributed by atoms with Crippen molar-refractivity contribution in [2.75, 3.05) is 10.8 Å². The molecule has 0 fully saturated rings. The average Bonchev–Trinajstić information content (AvgIpc) is 2.50. The van der Waals surface area contributed by atoms with E-state index in [4.69, 9.17) is 11.6 Å². The van der Waals surface area contributed by atoms with Gasteiger partial charge < -0.3 is 0 Å². The summed E-state index contributed by atoms with van der Waals surface area (Å²) < 4.78 is 27.3. The standard InChI is InChI=1S/C17H16ClNO3S/c1-11-3-5-14(9-12(11)2)23(21,22)19-8-7-17(20)15-10-13(18)4-6-16(15)19/h3-6,9-10H,7-8H2,1-2H3. The van der Waals surface area contributed by atoms with Gasteiger partial charge >= 0.3 is 0 Å². The van der Waals surface area contributed by atoms with Crippen molar-refractivity contribution < 1.29 is 13.2 Å². The zero-order chi connectivity index (χ0) is 16.8. The molecule has 0 atom stereocenters. The van der Waals surface area contributed by atoms with E-state index in [-0.39, 0.29) is 23.6 Å². The third-order valence-electron chi connectivity index (χ3n) is 4.14. The number of carbonyl (C=O) groups excluding carboxylic acids is 1. The van der Waals surface area contributed by atoms with Crippen LogP contribution in [0.4, 0.5) is 5.69 Å². The number of aryl methyl sites for hydroxylation is 2. The summed E-state index contributed by atoms with van der Waals surface area (Å²) in [7, 11) is -3.71. The number of nitrogens with zero attached hydrogens (tertiary/aromatic N) is 1. The Morgan fingerprint density at radius 1 is 1.04 bits per heavy atom. The minimum Gasteiger partial charge on any atom is -0.294 e. The Morgan fingerprint density at radius 3 is 2.48 bits per heavy atom. The first-order chi connectivity index (χ1) is 10.8. The largest absolute Gasteiger partial charge is 0.294 e. The lowest BCUT2D eigenvalue weighted by atomic mass is 10.0. The quantitative estimate of drug-likeness (QED) is 0.829. The minimum absolute atomic E-state index is 0.0889. The highest BCUT2D eigenvalue weighted by molar-refractivity contribution is 7.92. The molecular formula is C17H16ClNO3S. The summed E-state index contributed by atoms with van der Waals surface area (Å²) in [6, 6.07) is 9.77. The van der Waals surface area contributed by atoms with Gasteiger partial charge in [0.15, 0.2) is 5.78 Å². The molecule has 1 heterocycles. The fourth-order valence-electron chi connectivity index (χ4n) is 2.66. The Kier molecular flexibility index (Phi) is 3.94. The number of hydrogen-bond acceptors (Lipinski definition) is 3. The van der Waals surface area contributed by atoms with Gasteiger partial charge in [-0.1, -0.05) is 17.7 Å². The lowest BCUT2D eigenvalue weighted by Gasteiger charge is -2.30. The summed E-state index contributed by atoms with van der Waals surface area (Å²) in [5, 5.41) is 0.419. The molecule has 0 N–H and O–H groups in total. The van der Waals surface area contributed by atoms with E-state index in [9.17, 15) is 13.2 Å². The van der Waals surface area contributed by atoms with Gasteiger partial charge in [-0.15, -0.1) is 0 Å². The van der Waals surface area contributed by atoms with Crippen molar-refractivity contribution in [1.82, 2.24) is 0 Å². The SMILES string of the molecule is Cc1ccc(S(=O)(=O)N2CCC(=O)c3cc(Cl)ccc32)cc1C. The Morgan fingerprint density at radius 2 is 1.78 bits per heavy atom. The van der Waals surface area contributed by atoms with E-state index in [1.807, 2.05) is 13.8 Å². The molecule has 0 saturated heterocycles. The normalized spacial score (nSPS) is 14.7. The summed E-state index contributed by atoms with van der Waals surface area (Å²) in [6.07, 6.45) is 0.150. The van der Waals surface area contributed by atoms with E-state index in [1.165, 1.54) is 10.4 Å². The molecule has 0 spiro atoms. The maximum absolute atomic E-state index is 13.0. The average molecular weight is 350 g/mol. The molecule has 0 radical (unpaired) electrons. The fraction of sp³-hybridized carbons (Fsp3) is 0.235. The van der Waals surface area contributed by atoms with Crippen molar-refractivity contribution in [2.24, 2.45) is 0 Å². The number of rotatable bonds is 2. The van der Waals surface area contributed by atoms with E-state index in [2.05, 4.69) is 0 Å². The van der Waals surface area contributed by atoms with Crippen LogP contribution in [0, 0.1) is 13.8 Å². The number of sulfonamides is 1. The summed E-state index contributed by atoms with van der Waals surface area (Å²) in [6.45, 7) is 3.95. The number of Topliss-reactive ketones (excluding diaryl/α,β-unsaturated/α-hetero) is 1. The van der Waals surface area contributed by atoms with Gasteiger partial charge in [0.1, 0.15) is 0 Å². The first kappa shape index (κ1) is 16.0. The Hall–Kier alpha value is -1.85. The molecular weight excluding hydrogens is 334 g/mol. The molecule has 1 aliphatic heterocycles. The highest BCUT2D eigenvalue weighted by atomic mass is 35.5. The molecule has 3 rings (SSSR count). The number of ketones is 1. The van der Waals surface area contributed by atoms with Gasteiger partial charge in [0, 0.05) is 23.6 Å². The van der Waals surface area contributed by atoms with Crippen LogP contribution >= 0.6 is 11.6 Å².